The Bertz CT molecular complexity index is 844. The largest absolute Gasteiger partial charge is 0.264 e. The van der Waals surface area contributed by atoms with Crippen molar-refractivity contribution in [3.63, 3.8) is 0 Å². The van der Waals surface area contributed by atoms with E-state index in [0.29, 0.717) is 5.02 Å². The molecule has 0 saturated carbocycles. The fourth-order valence-corrected chi connectivity index (χ4v) is 2.43. The molecule has 3 aromatic rings. The maximum absolute atomic E-state index is 8.69. The molecule has 0 amide bonds. The SMILES string of the molecule is N#C/C=C/c1cc2ccncc2c2cc(Cl)ccc12. The van der Waals surface area contributed by atoms with Gasteiger partial charge in [-0.05, 0) is 52.1 Å². The van der Waals surface area contributed by atoms with Crippen LogP contribution >= 0.6 is 11.6 Å². The number of rotatable bonds is 1. The second kappa shape index (κ2) is 4.72. The van der Waals surface area contributed by atoms with Gasteiger partial charge in [-0.25, -0.2) is 0 Å². The number of hydrogen-bond donors (Lipinski definition) is 0. The molecule has 0 saturated heterocycles. The maximum atomic E-state index is 8.69. The van der Waals surface area contributed by atoms with Gasteiger partial charge in [-0.3, -0.25) is 4.98 Å². The summed E-state index contributed by atoms with van der Waals surface area (Å²) in [5.74, 6) is 0. The second-order valence-corrected chi connectivity index (χ2v) is 4.65. The Kier molecular flexibility index (Phi) is 2.91. The Balaban J connectivity index is 2.48. The number of pyridine rings is 1. The first-order valence-electron chi connectivity index (χ1n) is 5.82. The van der Waals surface area contributed by atoms with Gasteiger partial charge in [-0.1, -0.05) is 17.7 Å². The number of fused-ring (bicyclic) bond motifs is 3. The van der Waals surface area contributed by atoms with Crippen LogP contribution < -0.4 is 0 Å². The van der Waals surface area contributed by atoms with Gasteiger partial charge in [0.25, 0.3) is 0 Å². The average Bonchev–Trinajstić information content (AvgIpc) is 2.44. The minimum absolute atomic E-state index is 0.694. The van der Waals surface area contributed by atoms with Gasteiger partial charge in [-0.2, -0.15) is 5.26 Å². The molecular weight excluding hydrogens is 256 g/mol. The van der Waals surface area contributed by atoms with E-state index in [9.17, 15) is 0 Å². The molecule has 0 aliphatic carbocycles. The molecule has 1 heterocycles. The van der Waals surface area contributed by atoms with E-state index in [1.54, 1.807) is 6.20 Å². The van der Waals surface area contributed by atoms with E-state index in [0.717, 1.165) is 27.1 Å². The Hall–Kier alpha value is -2.37. The van der Waals surface area contributed by atoms with Crippen LogP contribution in [-0.4, -0.2) is 4.98 Å². The van der Waals surface area contributed by atoms with Crippen LogP contribution in [0.15, 0.2) is 48.8 Å². The molecule has 0 radical (unpaired) electrons. The molecule has 1 aromatic heterocycles. The van der Waals surface area contributed by atoms with Crippen LogP contribution in [-0.2, 0) is 0 Å². The lowest BCUT2D eigenvalue weighted by atomic mass is 9.98. The van der Waals surface area contributed by atoms with E-state index in [1.165, 1.54) is 6.08 Å². The molecule has 3 rings (SSSR count). The first-order chi connectivity index (χ1) is 9.29. The normalized spacial score (nSPS) is 11.2. The minimum Gasteiger partial charge on any atom is -0.264 e. The number of allylic oxidation sites excluding steroid dienone is 1. The molecule has 2 nitrogen and oxygen atoms in total. The Morgan fingerprint density at radius 1 is 1.11 bits per heavy atom. The van der Waals surface area contributed by atoms with Crippen molar-refractivity contribution in [1.82, 2.24) is 4.98 Å². The summed E-state index contributed by atoms with van der Waals surface area (Å²) in [6.45, 7) is 0. The fourth-order valence-electron chi connectivity index (χ4n) is 2.26. The van der Waals surface area contributed by atoms with Crippen LogP contribution in [0.4, 0.5) is 0 Å². The van der Waals surface area contributed by atoms with E-state index in [4.69, 9.17) is 16.9 Å². The second-order valence-electron chi connectivity index (χ2n) is 4.21. The number of benzene rings is 2. The summed E-state index contributed by atoms with van der Waals surface area (Å²) in [6, 6.07) is 11.8. The van der Waals surface area contributed by atoms with Gasteiger partial charge < -0.3 is 0 Å². The summed E-state index contributed by atoms with van der Waals surface area (Å²) in [5, 5.41) is 13.6. The molecule has 0 N–H and O–H groups in total. The van der Waals surface area contributed by atoms with Gasteiger partial charge in [0.1, 0.15) is 0 Å². The van der Waals surface area contributed by atoms with Crippen molar-refractivity contribution in [1.29, 1.82) is 5.26 Å². The fraction of sp³-hybridized carbons (Fsp3) is 0. The van der Waals surface area contributed by atoms with E-state index in [-0.39, 0.29) is 0 Å². The average molecular weight is 265 g/mol. The summed E-state index contributed by atoms with van der Waals surface area (Å²) in [7, 11) is 0. The zero-order valence-corrected chi connectivity index (χ0v) is 10.7. The van der Waals surface area contributed by atoms with Gasteiger partial charge in [0.05, 0.1) is 6.07 Å². The van der Waals surface area contributed by atoms with Crippen molar-refractivity contribution in [3.05, 3.63) is 59.4 Å². The Labute approximate surface area is 115 Å². The Morgan fingerprint density at radius 3 is 2.84 bits per heavy atom. The van der Waals surface area contributed by atoms with Gasteiger partial charge in [0, 0.05) is 28.9 Å². The van der Waals surface area contributed by atoms with Crippen LogP contribution in [0.3, 0.4) is 0 Å². The smallest absolute Gasteiger partial charge is 0.0912 e. The number of halogens is 1. The molecule has 0 bridgehead atoms. The van der Waals surface area contributed by atoms with E-state index >= 15 is 0 Å². The Morgan fingerprint density at radius 2 is 2.00 bits per heavy atom. The van der Waals surface area contributed by atoms with Crippen molar-refractivity contribution in [2.75, 3.05) is 0 Å². The summed E-state index contributed by atoms with van der Waals surface area (Å²) >= 11 is 6.08. The molecule has 0 fully saturated rings. The molecule has 0 aliphatic rings. The highest BCUT2D eigenvalue weighted by Gasteiger charge is 2.05. The summed E-state index contributed by atoms with van der Waals surface area (Å²) < 4.78 is 0. The number of nitriles is 1. The predicted octanol–water partition coefficient (Wildman–Crippen LogP) is 4.58. The maximum Gasteiger partial charge on any atom is 0.0912 e. The molecular formula is C16H9ClN2. The quantitative estimate of drug-likeness (QED) is 0.476. The highest BCUT2D eigenvalue weighted by molar-refractivity contribution is 6.32. The highest BCUT2D eigenvalue weighted by Crippen LogP contribution is 2.31. The van der Waals surface area contributed by atoms with Gasteiger partial charge >= 0.3 is 0 Å². The standard InChI is InChI=1S/C16H9ClN2/c17-13-3-4-14-11(2-1-6-18)8-12-5-7-19-10-16(12)15(14)9-13/h1-5,7-10H/b2-1+. The van der Waals surface area contributed by atoms with Crippen molar-refractivity contribution >= 4 is 39.2 Å². The number of aromatic nitrogens is 1. The highest BCUT2D eigenvalue weighted by atomic mass is 35.5. The summed E-state index contributed by atoms with van der Waals surface area (Å²) in [5.41, 5.74) is 1.01. The third kappa shape index (κ3) is 2.05. The molecule has 2 aromatic carbocycles. The van der Waals surface area contributed by atoms with Crippen molar-refractivity contribution in [2.24, 2.45) is 0 Å². The number of hydrogen-bond acceptors (Lipinski definition) is 2. The first-order valence-corrected chi connectivity index (χ1v) is 6.19. The molecule has 19 heavy (non-hydrogen) atoms. The van der Waals surface area contributed by atoms with Crippen molar-refractivity contribution in [3.8, 4) is 6.07 Å². The minimum atomic E-state index is 0.694. The monoisotopic (exact) mass is 264 g/mol. The van der Waals surface area contributed by atoms with Gasteiger partial charge in [-0.15, -0.1) is 0 Å². The topological polar surface area (TPSA) is 36.7 Å². The van der Waals surface area contributed by atoms with E-state index in [1.807, 2.05) is 42.6 Å². The summed E-state index contributed by atoms with van der Waals surface area (Å²) in [6.07, 6.45) is 6.90. The molecule has 90 valence electrons. The zero-order valence-electron chi connectivity index (χ0n) is 9.97. The van der Waals surface area contributed by atoms with Crippen LogP contribution in [0.2, 0.25) is 5.02 Å². The lowest BCUT2D eigenvalue weighted by molar-refractivity contribution is 1.37. The summed E-state index contributed by atoms with van der Waals surface area (Å²) in [4.78, 5) is 4.17. The van der Waals surface area contributed by atoms with Crippen LogP contribution in [0.25, 0.3) is 27.6 Å². The lowest BCUT2D eigenvalue weighted by Crippen LogP contribution is -1.84. The van der Waals surface area contributed by atoms with Crippen molar-refractivity contribution in [2.45, 2.75) is 0 Å². The van der Waals surface area contributed by atoms with Gasteiger partial charge in [0.2, 0.25) is 0 Å². The van der Waals surface area contributed by atoms with Crippen molar-refractivity contribution < 1.29 is 0 Å². The molecule has 3 heteroatoms. The number of nitrogens with zero attached hydrogens (tertiary/aromatic N) is 2. The van der Waals surface area contributed by atoms with Crippen LogP contribution in [0.1, 0.15) is 5.56 Å². The molecule has 0 aliphatic heterocycles. The molecule has 0 spiro atoms. The molecule has 0 atom stereocenters. The third-order valence-corrected chi connectivity index (χ3v) is 3.32. The predicted molar refractivity (Wildman–Crippen MR) is 78.9 cm³/mol. The molecule has 0 unspecified atom stereocenters. The first kappa shape index (κ1) is 11.7. The lowest BCUT2D eigenvalue weighted by Gasteiger charge is -2.07. The zero-order chi connectivity index (χ0) is 13.2. The van der Waals surface area contributed by atoms with Crippen LogP contribution in [0.5, 0.6) is 0 Å². The van der Waals surface area contributed by atoms with Gasteiger partial charge in [0.15, 0.2) is 0 Å². The van der Waals surface area contributed by atoms with Crippen LogP contribution in [0, 0.1) is 11.3 Å². The third-order valence-electron chi connectivity index (χ3n) is 3.09. The van der Waals surface area contributed by atoms with E-state index < -0.39 is 0 Å². The van der Waals surface area contributed by atoms with E-state index in [2.05, 4.69) is 11.1 Å².